The Balaban J connectivity index is 2.41. The van der Waals surface area contributed by atoms with Crippen molar-refractivity contribution < 1.29 is 5.11 Å². The lowest BCUT2D eigenvalue weighted by molar-refractivity contribution is 0.110. The summed E-state index contributed by atoms with van der Waals surface area (Å²) in [7, 11) is 0. The quantitative estimate of drug-likeness (QED) is 0.526. The lowest BCUT2D eigenvalue weighted by Crippen LogP contribution is -2.20. The van der Waals surface area contributed by atoms with Gasteiger partial charge in [-0.25, -0.2) is 0 Å². The van der Waals surface area contributed by atoms with Crippen molar-refractivity contribution in [2.75, 3.05) is 0 Å². The molecule has 0 spiro atoms. The van der Waals surface area contributed by atoms with Crippen LogP contribution in [0.15, 0.2) is 0 Å². The van der Waals surface area contributed by atoms with Gasteiger partial charge in [-0.2, -0.15) is 0 Å². The van der Waals surface area contributed by atoms with Crippen molar-refractivity contribution in [3.63, 3.8) is 0 Å². The van der Waals surface area contributed by atoms with E-state index < -0.39 is 0 Å². The summed E-state index contributed by atoms with van der Waals surface area (Å²) in [4.78, 5) is 0. The Bertz CT molecular complexity index is 145. The largest absolute Gasteiger partial charge is 0.392 e. The van der Waals surface area contributed by atoms with E-state index in [2.05, 4.69) is 5.92 Å². The molecule has 1 nitrogen and oxygen atoms in total. The van der Waals surface area contributed by atoms with Crippen LogP contribution in [0.25, 0.3) is 0 Å². The maximum atomic E-state index is 9.53. The normalized spacial score (nSPS) is 33.5. The van der Waals surface area contributed by atoms with Crippen LogP contribution in [0.5, 0.6) is 0 Å². The van der Waals surface area contributed by atoms with Crippen LogP contribution in [-0.2, 0) is 0 Å². The Labute approximate surface area is 68.8 Å². The van der Waals surface area contributed by atoms with Gasteiger partial charge in [-0.15, -0.1) is 12.3 Å². The predicted molar refractivity (Wildman–Crippen MR) is 46.0 cm³/mol. The molecular weight excluding hydrogens is 136 g/mol. The molecule has 1 N–H and O–H groups in total. The number of hydrogen-bond donors (Lipinski definition) is 1. The molecule has 0 amide bonds. The summed E-state index contributed by atoms with van der Waals surface area (Å²) in [5, 5.41) is 9.53. The van der Waals surface area contributed by atoms with Gasteiger partial charge in [-0.3, -0.25) is 0 Å². The highest BCUT2D eigenvalue weighted by molar-refractivity contribution is 4.96. The molecule has 0 aliphatic heterocycles. The van der Waals surface area contributed by atoms with Crippen molar-refractivity contribution in [2.24, 2.45) is 5.92 Å². The SMILES string of the molecule is C#C[C@H]1CCCCCC[C@@H]1O. The van der Waals surface area contributed by atoms with E-state index in [0.717, 1.165) is 19.3 Å². The van der Waals surface area contributed by atoms with Crippen molar-refractivity contribution >= 4 is 0 Å². The molecule has 0 aromatic carbocycles. The van der Waals surface area contributed by atoms with Gasteiger partial charge in [0.1, 0.15) is 0 Å². The van der Waals surface area contributed by atoms with E-state index in [4.69, 9.17) is 6.42 Å². The van der Waals surface area contributed by atoms with Crippen molar-refractivity contribution in [2.45, 2.75) is 44.6 Å². The highest BCUT2D eigenvalue weighted by Gasteiger charge is 2.17. The van der Waals surface area contributed by atoms with Gasteiger partial charge in [0.05, 0.1) is 6.10 Å². The van der Waals surface area contributed by atoms with Gasteiger partial charge in [0, 0.05) is 5.92 Å². The summed E-state index contributed by atoms with van der Waals surface area (Å²) in [6, 6.07) is 0. The Morgan fingerprint density at radius 3 is 2.36 bits per heavy atom. The molecule has 1 saturated carbocycles. The van der Waals surface area contributed by atoms with E-state index in [-0.39, 0.29) is 12.0 Å². The monoisotopic (exact) mass is 152 g/mol. The Morgan fingerprint density at radius 2 is 1.73 bits per heavy atom. The van der Waals surface area contributed by atoms with Crippen molar-refractivity contribution in [1.29, 1.82) is 0 Å². The van der Waals surface area contributed by atoms with E-state index in [1.807, 2.05) is 0 Å². The van der Waals surface area contributed by atoms with Crippen LogP contribution in [0.1, 0.15) is 38.5 Å². The third kappa shape index (κ3) is 2.55. The zero-order valence-electron chi connectivity index (χ0n) is 6.92. The molecular formula is C10H16O. The first-order valence-corrected chi connectivity index (χ1v) is 4.49. The summed E-state index contributed by atoms with van der Waals surface area (Å²) in [5.41, 5.74) is 0. The van der Waals surface area contributed by atoms with Crippen molar-refractivity contribution in [3.05, 3.63) is 0 Å². The van der Waals surface area contributed by atoms with Gasteiger partial charge >= 0.3 is 0 Å². The average molecular weight is 152 g/mol. The van der Waals surface area contributed by atoms with E-state index in [1.165, 1.54) is 19.3 Å². The van der Waals surface area contributed by atoms with E-state index >= 15 is 0 Å². The molecule has 0 radical (unpaired) electrons. The van der Waals surface area contributed by atoms with E-state index in [1.54, 1.807) is 0 Å². The maximum Gasteiger partial charge on any atom is 0.0677 e. The summed E-state index contributed by atoms with van der Waals surface area (Å²) >= 11 is 0. The maximum absolute atomic E-state index is 9.53. The smallest absolute Gasteiger partial charge is 0.0677 e. The lowest BCUT2D eigenvalue weighted by atomic mass is 9.89. The third-order valence-corrected chi connectivity index (χ3v) is 2.44. The lowest BCUT2D eigenvalue weighted by Gasteiger charge is -2.20. The Hall–Kier alpha value is -0.480. The molecule has 1 aliphatic rings. The molecule has 0 bridgehead atoms. The summed E-state index contributed by atoms with van der Waals surface area (Å²) in [6.07, 6.45) is 11.8. The Morgan fingerprint density at radius 1 is 1.09 bits per heavy atom. The van der Waals surface area contributed by atoms with Crippen LogP contribution in [-0.4, -0.2) is 11.2 Å². The van der Waals surface area contributed by atoms with Crippen LogP contribution in [0.2, 0.25) is 0 Å². The molecule has 1 fully saturated rings. The standard InChI is InChI=1S/C10H16O/c1-2-9-7-5-3-4-6-8-10(9)11/h1,9-11H,3-8H2/t9-,10-/m0/s1. The molecule has 1 rings (SSSR count). The molecule has 0 unspecified atom stereocenters. The number of terminal acetylenes is 1. The molecule has 11 heavy (non-hydrogen) atoms. The molecule has 2 atom stereocenters. The van der Waals surface area contributed by atoms with Gasteiger partial charge < -0.3 is 5.11 Å². The van der Waals surface area contributed by atoms with Gasteiger partial charge in [-0.05, 0) is 12.8 Å². The minimum Gasteiger partial charge on any atom is -0.392 e. The van der Waals surface area contributed by atoms with Crippen LogP contribution < -0.4 is 0 Å². The fourth-order valence-corrected chi connectivity index (χ4v) is 1.66. The molecule has 0 saturated heterocycles. The molecule has 62 valence electrons. The van der Waals surface area contributed by atoms with Gasteiger partial charge in [0.2, 0.25) is 0 Å². The number of rotatable bonds is 0. The number of aliphatic hydroxyl groups is 1. The zero-order chi connectivity index (χ0) is 8.10. The highest BCUT2D eigenvalue weighted by atomic mass is 16.3. The van der Waals surface area contributed by atoms with Gasteiger partial charge in [0.15, 0.2) is 0 Å². The third-order valence-electron chi connectivity index (χ3n) is 2.44. The first kappa shape index (κ1) is 8.62. The minimum absolute atomic E-state index is 0.121. The second kappa shape index (κ2) is 4.41. The Kier molecular flexibility index (Phi) is 3.45. The average Bonchev–Trinajstić information content (AvgIpc) is 1.98. The topological polar surface area (TPSA) is 20.2 Å². The molecule has 0 aromatic heterocycles. The van der Waals surface area contributed by atoms with Crippen molar-refractivity contribution in [1.82, 2.24) is 0 Å². The molecule has 1 aliphatic carbocycles. The van der Waals surface area contributed by atoms with Crippen LogP contribution in [0, 0.1) is 18.3 Å². The van der Waals surface area contributed by atoms with Crippen LogP contribution >= 0.6 is 0 Å². The van der Waals surface area contributed by atoms with Gasteiger partial charge in [-0.1, -0.05) is 25.7 Å². The van der Waals surface area contributed by atoms with Crippen molar-refractivity contribution in [3.8, 4) is 12.3 Å². The fourth-order valence-electron chi connectivity index (χ4n) is 1.66. The summed E-state index contributed by atoms with van der Waals surface area (Å²) in [6.45, 7) is 0. The molecule has 0 aromatic rings. The van der Waals surface area contributed by atoms with E-state index in [9.17, 15) is 5.11 Å². The number of aliphatic hydroxyl groups excluding tert-OH is 1. The number of hydrogen-bond acceptors (Lipinski definition) is 1. The zero-order valence-corrected chi connectivity index (χ0v) is 6.92. The molecule has 1 heteroatoms. The summed E-state index contributed by atoms with van der Waals surface area (Å²) < 4.78 is 0. The second-order valence-corrected chi connectivity index (χ2v) is 3.33. The first-order chi connectivity index (χ1) is 5.34. The minimum atomic E-state index is -0.236. The molecule has 0 heterocycles. The van der Waals surface area contributed by atoms with Crippen LogP contribution in [0.3, 0.4) is 0 Å². The second-order valence-electron chi connectivity index (χ2n) is 3.33. The van der Waals surface area contributed by atoms with Crippen LogP contribution in [0.4, 0.5) is 0 Å². The van der Waals surface area contributed by atoms with Gasteiger partial charge in [0.25, 0.3) is 0 Å². The van der Waals surface area contributed by atoms with E-state index in [0.29, 0.717) is 0 Å². The summed E-state index contributed by atoms with van der Waals surface area (Å²) in [5.74, 6) is 2.79. The fraction of sp³-hybridized carbons (Fsp3) is 0.800. The predicted octanol–water partition coefficient (Wildman–Crippen LogP) is 1.95. The highest BCUT2D eigenvalue weighted by Crippen LogP contribution is 2.21. The first-order valence-electron chi connectivity index (χ1n) is 4.49.